The molecule has 0 aromatic carbocycles. The zero-order chi connectivity index (χ0) is 14.6. The number of hydrogen-bond acceptors (Lipinski definition) is 4. The van der Waals surface area contributed by atoms with Crippen molar-refractivity contribution in [1.29, 1.82) is 0 Å². The topological polar surface area (TPSA) is 81.1 Å². The highest BCUT2D eigenvalue weighted by molar-refractivity contribution is 5.91. The van der Waals surface area contributed by atoms with E-state index in [-0.39, 0.29) is 5.57 Å². The summed E-state index contributed by atoms with van der Waals surface area (Å²) in [5.41, 5.74) is -0.303. The maximum atomic E-state index is 9.87. The number of rotatable bonds is 3. The molecule has 0 amide bonds. The number of aliphatic carboxylic acids is 2. The molecule has 0 unspecified atom stereocenters. The summed E-state index contributed by atoms with van der Waals surface area (Å²) in [5, 5.41) is 16.1. The molecular formula is C11H24N2O4. The zero-order valence-electron chi connectivity index (χ0n) is 11.5. The number of carboxylic acid groups (broad SMARTS) is 2. The minimum Gasteiger partial charge on any atom is -0.481 e. The summed E-state index contributed by atoms with van der Waals surface area (Å²) in [6, 6.07) is 0. The summed E-state index contributed by atoms with van der Waals surface area (Å²) in [6.07, 6.45) is -0.505. The van der Waals surface area contributed by atoms with E-state index in [9.17, 15) is 9.59 Å². The summed E-state index contributed by atoms with van der Waals surface area (Å²) in [5.74, 6) is -2.44. The van der Waals surface area contributed by atoms with Crippen molar-refractivity contribution in [2.45, 2.75) is 6.42 Å². The van der Waals surface area contributed by atoms with E-state index in [1.54, 1.807) is 0 Å². The van der Waals surface area contributed by atoms with E-state index in [0.29, 0.717) is 0 Å². The van der Waals surface area contributed by atoms with Crippen molar-refractivity contribution in [3.63, 3.8) is 0 Å². The molecule has 0 aliphatic rings. The second-order valence-electron chi connectivity index (χ2n) is 4.16. The lowest BCUT2D eigenvalue weighted by Crippen LogP contribution is -2.04. The van der Waals surface area contributed by atoms with Crippen molar-refractivity contribution in [1.82, 2.24) is 9.80 Å². The molecule has 2 N–H and O–H groups in total. The Morgan fingerprint density at radius 2 is 1.18 bits per heavy atom. The second-order valence-corrected chi connectivity index (χ2v) is 4.16. The van der Waals surface area contributed by atoms with Gasteiger partial charge in [-0.25, -0.2) is 4.79 Å². The van der Waals surface area contributed by atoms with E-state index in [4.69, 9.17) is 10.2 Å². The van der Waals surface area contributed by atoms with E-state index in [2.05, 4.69) is 6.58 Å². The van der Waals surface area contributed by atoms with Gasteiger partial charge in [-0.15, -0.1) is 0 Å². The molecule has 0 saturated heterocycles. The van der Waals surface area contributed by atoms with Crippen LogP contribution in [0.25, 0.3) is 0 Å². The molecule has 6 nitrogen and oxygen atoms in total. The molecule has 0 rings (SSSR count). The Hall–Kier alpha value is -1.40. The van der Waals surface area contributed by atoms with Crippen molar-refractivity contribution in [3.8, 4) is 0 Å². The summed E-state index contributed by atoms with van der Waals surface area (Å²) in [6.45, 7) is 3.01. The van der Waals surface area contributed by atoms with E-state index in [0.717, 1.165) is 0 Å². The normalized spacial score (nSPS) is 8.71. The van der Waals surface area contributed by atoms with Crippen LogP contribution in [-0.4, -0.2) is 74.2 Å². The van der Waals surface area contributed by atoms with E-state index in [1.165, 1.54) is 0 Å². The van der Waals surface area contributed by atoms with Crippen LogP contribution in [0, 0.1) is 0 Å². The first-order chi connectivity index (χ1) is 7.50. The van der Waals surface area contributed by atoms with Crippen molar-refractivity contribution < 1.29 is 19.8 Å². The quantitative estimate of drug-likeness (QED) is 0.706. The third-order valence-electron chi connectivity index (χ3n) is 0.667. The van der Waals surface area contributed by atoms with Gasteiger partial charge >= 0.3 is 11.9 Å². The summed E-state index contributed by atoms with van der Waals surface area (Å²) >= 11 is 0. The van der Waals surface area contributed by atoms with Crippen LogP contribution in [0.2, 0.25) is 0 Å². The molecule has 0 atom stereocenters. The summed E-state index contributed by atoms with van der Waals surface area (Å²) in [7, 11) is 12.0. The van der Waals surface area contributed by atoms with E-state index >= 15 is 0 Å². The second kappa shape index (κ2) is 12.7. The molecule has 0 aromatic heterocycles. The van der Waals surface area contributed by atoms with Gasteiger partial charge in [0.05, 0.1) is 6.42 Å². The third-order valence-corrected chi connectivity index (χ3v) is 0.667. The standard InChI is InChI=1S/C5H6O4.2C3H9N/c1-3(5(8)9)2-4(6)7;2*1-4(2)3/h1-2H2,(H,6,7)(H,8,9);2*1-3H3. The molecule has 0 bridgehead atoms. The Bertz CT molecular complexity index is 226. The molecule has 0 aliphatic carbocycles. The SMILES string of the molecule is C=C(CC(=O)O)C(=O)O.CN(C)C.CN(C)C. The van der Waals surface area contributed by atoms with Crippen LogP contribution in [0.4, 0.5) is 0 Å². The molecule has 0 spiro atoms. The first-order valence-electron chi connectivity index (χ1n) is 4.85. The summed E-state index contributed by atoms with van der Waals surface area (Å²) in [4.78, 5) is 23.7. The third kappa shape index (κ3) is 53.2. The lowest BCUT2D eigenvalue weighted by Gasteiger charge is -1.91. The van der Waals surface area contributed by atoms with Crippen LogP contribution >= 0.6 is 0 Å². The average molecular weight is 248 g/mol. The van der Waals surface area contributed by atoms with Crippen LogP contribution < -0.4 is 0 Å². The van der Waals surface area contributed by atoms with Gasteiger partial charge in [-0.2, -0.15) is 0 Å². The highest BCUT2D eigenvalue weighted by Crippen LogP contribution is 1.95. The Kier molecular flexibility index (Phi) is 15.6. The Morgan fingerprint density at radius 3 is 1.24 bits per heavy atom. The van der Waals surface area contributed by atoms with Gasteiger partial charge in [-0.3, -0.25) is 4.79 Å². The van der Waals surface area contributed by atoms with Gasteiger partial charge in [-0.05, 0) is 42.3 Å². The van der Waals surface area contributed by atoms with Crippen LogP contribution in [0.5, 0.6) is 0 Å². The van der Waals surface area contributed by atoms with Crippen LogP contribution in [0.3, 0.4) is 0 Å². The van der Waals surface area contributed by atoms with Crippen LogP contribution in [0.15, 0.2) is 12.2 Å². The smallest absolute Gasteiger partial charge is 0.331 e. The van der Waals surface area contributed by atoms with E-state index < -0.39 is 18.4 Å². The predicted molar refractivity (Wildman–Crippen MR) is 68.3 cm³/mol. The highest BCUT2D eigenvalue weighted by Gasteiger charge is 2.07. The molecule has 0 aliphatic heterocycles. The average Bonchev–Trinajstić information content (AvgIpc) is 1.99. The summed E-state index contributed by atoms with van der Waals surface area (Å²) < 4.78 is 0. The van der Waals surface area contributed by atoms with Gasteiger partial charge in [0.15, 0.2) is 0 Å². The lowest BCUT2D eigenvalue weighted by atomic mass is 10.2. The first-order valence-corrected chi connectivity index (χ1v) is 4.85. The fourth-order valence-corrected chi connectivity index (χ4v) is 0.258. The minimum atomic E-state index is -1.27. The molecule has 102 valence electrons. The van der Waals surface area contributed by atoms with E-state index in [1.807, 2.05) is 52.1 Å². The molecule has 0 heterocycles. The number of nitrogens with zero attached hydrogens (tertiary/aromatic N) is 2. The number of carbonyl (C=O) groups is 2. The van der Waals surface area contributed by atoms with Gasteiger partial charge in [0, 0.05) is 5.57 Å². The van der Waals surface area contributed by atoms with Gasteiger partial charge in [-0.1, -0.05) is 6.58 Å². The molecule has 0 fully saturated rings. The van der Waals surface area contributed by atoms with Gasteiger partial charge < -0.3 is 20.0 Å². The van der Waals surface area contributed by atoms with Crippen LogP contribution in [-0.2, 0) is 9.59 Å². The number of carboxylic acids is 2. The van der Waals surface area contributed by atoms with Crippen molar-refractivity contribution in [2.75, 3.05) is 42.3 Å². The monoisotopic (exact) mass is 248 g/mol. The molecule has 17 heavy (non-hydrogen) atoms. The first kappa shape index (κ1) is 20.9. The predicted octanol–water partition coefficient (Wildman–Crippen LogP) is 0.458. The maximum Gasteiger partial charge on any atom is 0.331 e. The van der Waals surface area contributed by atoms with Gasteiger partial charge in [0.25, 0.3) is 0 Å². The fraction of sp³-hybridized carbons (Fsp3) is 0.636. The fourth-order valence-electron chi connectivity index (χ4n) is 0.258. The molecule has 6 heteroatoms. The lowest BCUT2D eigenvalue weighted by molar-refractivity contribution is -0.139. The maximum absolute atomic E-state index is 9.87. The molecule has 0 aromatic rings. The number of hydrogen-bond donors (Lipinski definition) is 2. The highest BCUT2D eigenvalue weighted by atomic mass is 16.4. The Balaban J connectivity index is -0.000000205. The Labute approximate surface area is 103 Å². The van der Waals surface area contributed by atoms with Crippen molar-refractivity contribution in [3.05, 3.63) is 12.2 Å². The minimum absolute atomic E-state index is 0.303. The molecular weight excluding hydrogens is 224 g/mol. The van der Waals surface area contributed by atoms with Crippen molar-refractivity contribution >= 4 is 11.9 Å². The largest absolute Gasteiger partial charge is 0.481 e. The molecule has 0 radical (unpaired) electrons. The van der Waals surface area contributed by atoms with Crippen molar-refractivity contribution in [2.24, 2.45) is 0 Å². The molecule has 0 saturated carbocycles. The Morgan fingerprint density at radius 1 is 0.941 bits per heavy atom. The zero-order valence-corrected chi connectivity index (χ0v) is 11.5. The van der Waals surface area contributed by atoms with Crippen LogP contribution in [0.1, 0.15) is 6.42 Å². The van der Waals surface area contributed by atoms with Gasteiger partial charge in [0.2, 0.25) is 0 Å². The van der Waals surface area contributed by atoms with Gasteiger partial charge in [0.1, 0.15) is 0 Å².